The van der Waals surface area contributed by atoms with Gasteiger partial charge in [-0.1, -0.05) is 23.4 Å². The van der Waals surface area contributed by atoms with Crippen molar-refractivity contribution in [3.8, 4) is 0 Å². The molecule has 0 spiro atoms. The van der Waals surface area contributed by atoms with Crippen molar-refractivity contribution >= 4 is 34.9 Å². The van der Waals surface area contributed by atoms with Crippen molar-refractivity contribution in [2.24, 2.45) is 0 Å². The predicted octanol–water partition coefficient (Wildman–Crippen LogP) is 3.76. The Balaban J connectivity index is 1.82. The summed E-state index contributed by atoms with van der Waals surface area (Å²) in [5, 5.41) is 5.27. The molecule has 1 aromatic carbocycles. The molecule has 3 rings (SSSR count). The van der Waals surface area contributed by atoms with Gasteiger partial charge in [0.1, 0.15) is 0 Å². The molecular weight excluding hydrogens is 332 g/mol. The van der Waals surface area contributed by atoms with Crippen molar-refractivity contribution in [3.05, 3.63) is 52.3 Å². The monoisotopic (exact) mass is 346 g/mol. The van der Waals surface area contributed by atoms with Crippen molar-refractivity contribution in [3.63, 3.8) is 0 Å². The molecule has 0 N–H and O–H groups in total. The van der Waals surface area contributed by atoms with Crippen LogP contribution in [-0.2, 0) is 0 Å². The number of fused-ring (bicyclic) bond motifs is 1. The van der Waals surface area contributed by atoms with E-state index in [1.54, 1.807) is 28.8 Å². The van der Waals surface area contributed by atoms with Gasteiger partial charge in [-0.05, 0) is 51.1 Å². The van der Waals surface area contributed by atoms with Crippen LogP contribution in [0.5, 0.6) is 0 Å². The van der Waals surface area contributed by atoms with Crippen LogP contribution in [0.2, 0.25) is 5.02 Å². The largest absolute Gasteiger partial charge is 0.293 e. The quantitative estimate of drug-likeness (QED) is 0.531. The van der Waals surface area contributed by atoms with E-state index in [1.807, 2.05) is 26.8 Å². The van der Waals surface area contributed by atoms with Crippen LogP contribution in [0.4, 0.5) is 0 Å². The third kappa shape index (κ3) is 3.38. The lowest BCUT2D eigenvalue weighted by Crippen LogP contribution is -2.13. The second kappa shape index (κ2) is 6.29. The summed E-state index contributed by atoms with van der Waals surface area (Å²) in [4.78, 5) is 21.2. The van der Waals surface area contributed by atoms with Gasteiger partial charge in [0.05, 0.1) is 5.25 Å². The number of halogens is 1. The third-order valence-corrected chi connectivity index (χ3v) is 4.58. The minimum Gasteiger partial charge on any atom is -0.293 e. The van der Waals surface area contributed by atoms with Crippen LogP contribution in [-0.4, -0.2) is 30.6 Å². The van der Waals surface area contributed by atoms with E-state index in [-0.39, 0.29) is 11.0 Å². The van der Waals surface area contributed by atoms with Crippen molar-refractivity contribution in [2.45, 2.75) is 31.2 Å². The average molecular weight is 347 g/mol. The number of carbonyl (C=O) groups excluding carboxylic acids is 1. The molecule has 5 nitrogen and oxygen atoms in total. The van der Waals surface area contributed by atoms with Gasteiger partial charge in [0.25, 0.3) is 5.78 Å². The molecule has 0 radical (unpaired) electrons. The number of hydrogen-bond donors (Lipinski definition) is 0. The highest BCUT2D eigenvalue weighted by Crippen LogP contribution is 2.24. The summed E-state index contributed by atoms with van der Waals surface area (Å²) in [5.41, 5.74) is 2.48. The van der Waals surface area contributed by atoms with Crippen LogP contribution in [0.25, 0.3) is 5.78 Å². The van der Waals surface area contributed by atoms with Gasteiger partial charge in [-0.2, -0.15) is 4.98 Å². The predicted molar refractivity (Wildman–Crippen MR) is 91.4 cm³/mol. The first-order valence-corrected chi connectivity index (χ1v) is 8.37. The number of carbonyl (C=O) groups is 1. The topological polar surface area (TPSA) is 60.2 Å². The Hall–Kier alpha value is -1.92. The summed E-state index contributed by atoms with van der Waals surface area (Å²) < 4.78 is 1.69. The molecule has 0 aliphatic rings. The molecule has 3 aromatic rings. The van der Waals surface area contributed by atoms with E-state index in [0.29, 0.717) is 21.5 Å². The van der Waals surface area contributed by atoms with Gasteiger partial charge in [0, 0.05) is 22.0 Å². The molecule has 0 unspecified atom stereocenters. The Morgan fingerprint density at radius 1 is 1.22 bits per heavy atom. The van der Waals surface area contributed by atoms with Crippen LogP contribution < -0.4 is 0 Å². The fourth-order valence-corrected chi connectivity index (χ4v) is 3.21. The van der Waals surface area contributed by atoms with Gasteiger partial charge in [0.15, 0.2) is 5.78 Å². The summed E-state index contributed by atoms with van der Waals surface area (Å²) in [7, 11) is 0. The van der Waals surface area contributed by atoms with Gasteiger partial charge in [-0.25, -0.2) is 9.50 Å². The van der Waals surface area contributed by atoms with Crippen molar-refractivity contribution in [1.29, 1.82) is 0 Å². The maximum Gasteiger partial charge on any atom is 0.253 e. The second-order valence-corrected chi connectivity index (χ2v) is 7.02. The van der Waals surface area contributed by atoms with Gasteiger partial charge in [-0.3, -0.25) is 4.79 Å². The normalized spacial score (nSPS) is 12.5. The number of hydrogen-bond acceptors (Lipinski definition) is 5. The smallest absolute Gasteiger partial charge is 0.253 e. The molecule has 2 aromatic heterocycles. The maximum absolute atomic E-state index is 12.5. The number of ketones is 1. The summed E-state index contributed by atoms with van der Waals surface area (Å²) in [6.45, 7) is 5.72. The van der Waals surface area contributed by atoms with E-state index in [2.05, 4.69) is 15.1 Å². The van der Waals surface area contributed by atoms with Gasteiger partial charge in [-0.15, -0.1) is 5.10 Å². The van der Waals surface area contributed by atoms with E-state index >= 15 is 0 Å². The van der Waals surface area contributed by atoms with E-state index in [4.69, 9.17) is 11.6 Å². The van der Waals surface area contributed by atoms with Gasteiger partial charge in [0.2, 0.25) is 5.16 Å². The zero-order chi connectivity index (χ0) is 16.6. The summed E-state index contributed by atoms with van der Waals surface area (Å²) in [6.07, 6.45) is 0. The first kappa shape index (κ1) is 16.0. The van der Waals surface area contributed by atoms with E-state index in [9.17, 15) is 4.79 Å². The first-order valence-electron chi connectivity index (χ1n) is 7.11. The van der Waals surface area contributed by atoms with Crippen molar-refractivity contribution in [1.82, 2.24) is 19.6 Å². The lowest BCUT2D eigenvalue weighted by atomic mass is 10.1. The van der Waals surface area contributed by atoms with Crippen LogP contribution >= 0.6 is 23.4 Å². The van der Waals surface area contributed by atoms with Crippen molar-refractivity contribution in [2.75, 3.05) is 0 Å². The number of nitrogens with zero attached hydrogens (tertiary/aromatic N) is 4. The summed E-state index contributed by atoms with van der Waals surface area (Å²) >= 11 is 7.18. The summed E-state index contributed by atoms with van der Waals surface area (Å²) in [5.74, 6) is 0.572. The molecule has 1 atom stereocenters. The SMILES string of the molecule is Cc1cc(C)n2nc(S[C@H](C)C(=O)c3ccc(Cl)cc3)nc2n1. The Labute approximate surface area is 143 Å². The molecule has 118 valence electrons. The molecule has 0 bridgehead atoms. The second-order valence-electron chi connectivity index (χ2n) is 5.28. The standard InChI is InChI=1S/C16H15ClN4OS/c1-9-8-10(2)21-15(18-9)19-16(20-21)23-11(3)14(22)12-4-6-13(17)7-5-12/h4-8,11H,1-3H3/t11-/m1/s1. The number of thioether (sulfide) groups is 1. The molecule has 7 heteroatoms. The molecule has 23 heavy (non-hydrogen) atoms. The third-order valence-electron chi connectivity index (χ3n) is 3.38. The fourth-order valence-electron chi connectivity index (χ4n) is 2.26. The number of aromatic nitrogens is 4. The molecule has 0 saturated heterocycles. The number of Topliss-reactive ketones (excluding diaryl/α,β-unsaturated/α-hetero) is 1. The molecule has 0 aliphatic heterocycles. The average Bonchev–Trinajstić information content (AvgIpc) is 2.90. The van der Waals surface area contributed by atoms with Crippen LogP contribution in [0, 0.1) is 13.8 Å². The minimum absolute atomic E-state index is 0.0198. The van der Waals surface area contributed by atoms with Crippen LogP contribution in [0.3, 0.4) is 0 Å². The Morgan fingerprint density at radius 3 is 2.61 bits per heavy atom. The van der Waals surface area contributed by atoms with Gasteiger partial charge >= 0.3 is 0 Å². The van der Waals surface area contributed by atoms with Crippen molar-refractivity contribution < 1.29 is 4.79 Å². The highest BCUT2D eigenvalue weighted by Gasteiger charge is 2.19. The van der Waals surface area contributed by atoms with E-state index in [0.717, 1.165) is 11.4 Å². The first-order chi connectivity index (χ1) is 10.9. The highest BCUT2D eigenvalue weighted by molar-refractivity contribution is 8.00. The Morgan fingerprint density at radius 2 is 1.91 bits per heavy atom. The fraction of sp³-hybridized carbons (Fsp3) is 0.250. The molecule has 0 saturated carbocycles. The van der Waals surface area contributed by atoms with E-state index in [1.165, 1.54) is 11.8 Å². The minimum atomic E-state index is -0.296. The highest BCUT2D eigenvalue weighted by atomic mass is 35.5. The zero-order valence-electron chi connectivity index (χ0n) is 12.9. The lowest BCUT2D eigenvalue weighted by Gasteiger charge is -2.07. The van der Waals surface area contributed by atoms with Gasteiger partial charge < -0.3 is 0 Å². The number of benzene rings is 1. The summed E-state index contributed by atoms with van der Waals surface area (Å²) in [6, 6.07) is 8.83. The number of aryl methyl sites for hydroxylation is 2. The maximum atomic E-state index is 12.5. The Kier molecular flexibility index (Phi) is 4.37. The molecule has 0 amide bonds. The molecule has 0 aliphatic carbocycles. The Bertz CT molecular complexity index is 876. The molecule has 0 fully saturated rings. The molecular formula is C16H15ClN4OS. The zero-order valence-corrected chi connectivity index (χ0v) is 14.5. The number of rotatable bonds is 4. The van der Waals surface area contributed by atoms with E-state index < -0.39 is 0 Å². The van der Waals surface area contributed by atoms with Crippen LogP contribution in [0.15, 0.2) is 35.5 Å². The lowest BCUT2D eigenvalue weighted by molar-refractivity contribution is 0.0994. The molecule has 2 heterocycles. The van der Waals surface area contributed by atoms with Crippen LogP contribution in [0.1, 0.15) is 28.7 Å².